The van der Waals surface area contributed by atoms with E-state index in [4.69, 9.17) is 16.7 Å². The molecule has 102 valence electrons. The highest BCUT2D eigenvalue weighted by Crippen LogP contribution is 2.39. The lowest BCUT2D eigenvalue weighted by molar-refractivity contribution is -0.126. The first-order chi connectivity index (χ1) is 9.06. The summed E-state index contributed by atoms with van der Waals surface area (Å²) in [6.07, 6.45) is 1.75. The molecule has 0 saturated heterocycles. The van der Waals surface area contributed by atoms with Gasteiger partial charge in [-0.2, -0.15) is 0 Å². The summed E-state index contributed by atoms with van der Waals surface area (Å²) in [5, 5.41) is 11.7. The fraction of sp³-hybridized carbons (Fsp3) is 0.429. The largest absolute Gasteiger partial charge is 0.465 e. The topological polar surface area (TPSA) is 66.4 Å². The van der Waals surface area contributed by atoms with Gasteiger partial charge in [0.1, 0.15) is 5.78 Å². The van der Waals surface area contributed by atoms with Crippen LogP contribution in [0.3, 0.4) is 0 Å². The molecule has 0 radical (unpaired) electrons. The summed E-state index contributed by atoms with van der Waals surface area (Å²) in [4.78, 5) is 23.1. The van der Waals surface area contributed by atoms with Crippen LogP contribution in [0.4, 0.5) is 4.79 Å². The Morgan fingerprint density at radius 3 is 2.74 bits per heavy atom. The van der Waals surface area contributed by atoms with Gasteiger partial charge < -0.3 is 10.4 Å². The average molecular weight is 282 g/mol. The molecule has 0 aromatic heterocycles. The zero-order valence-corrected chi connectivity index (χ0v) is 11.2. The van der Waals surface area contributed by atoms with Crippen LogP contribution in [0.5, 0.6) is 0 Å². The molecule has 0 bridgehead atoms. The third-order valence-corrected chi connectivity index (χ3v) is 4.05. The van der Waals surface area contributed by atoms with Crippen LogP contribution in [0, 0.1) is 0 Å². The van der Waals surface area contributed by atoms with Crippen molar-refractivity contribution < 1.29 is 14.7 Å². The van der Waals surface area contributed by atoms with Gasteiger partial charge in [-0.3, -0.25) is 4.79 Å². The monoisotopic (exact) mass is 281 g/mol. The van der Waals surface area contributed by atoms with E-state index in [1.807, 2.05) is 12.1 Å². The van der Waals surface area contributed by atoms with E-state index in [9.17, 15) is 9.59 Å². The number of nitrogens with one attached hydrogen (secondary N) is 1. The van der Waals surface area contributed by atoms with E-state index in [1.54, 1.807) is 12.1 Å². The van der Waals surface area contributed by atoms with E-state index >= 15 is 0 Å². The van der Waals surface area contributed by atoms with Gasteiger partial charge >= 0.3 is 6.09 Å². The first-order valence-corrected chi connectivity index (χ1v) is 6.69. The van der Waals surface area contributed by atoms with Crippen LogP contribution < -0.4 is 5.32 Å². The molecule has 2 rings (SSSR count). The van der Waals surface area contributed by atoms with Crippen LogP contribution >= 0.6 is 11.6 Å². The molecule has 1 aromatic rings. The Labute approximate surface area is 116 Å². The third kappa shape index (κ3) is 2.73. The molecule has 0 aliphatic heterocycles. The van der Waals surface area contributed by atoms with E-state index in [0.29, 0.717) is 17.9 Å². The number of Topliss-reactive ketones (excluding diaryl/α,β-unsaturated/α-hetero) is 1. The predicted octanol–water partition coefficient (Wildman–Crippen LogP) is 2.99. The molecule has 1 aromatic carbocycles. The fourth-order valence-corrected chi connectivity index (χ4v) is 3.05. The van der Waals surface area contributed by atoms with Gasteiger partial charge in [-0.15, -0.1) is 0 Å². The van der Waals surface area contributed by atoms with Crippen molar-refractivity contribution >= 4 is 23.5 Å². The first kappa shape index (κ1) is 13.9. The third-order valence-electron chi connectivity index (χ3n) is 3.72. The molecule has 1 saturated carbocycles. The number of rotatable bonds is 3. The molecule has 1 atom stereocenters. The second kappa shape index (κ2) is 5.61. The summed E-state index contributed by atoms with van der Waals surface area (Å²) < 4.78 is 0. The lowest BCUT2D eigenvalue weighted by atomic mass is 9.68. The van der Waals surface area contributed by atoms with Gasteiger partial charge in [0.05, 0.1) is 5.41 Å². The number of amides is 1. The maximum Gasteiger partial charge on any atom is 0.404 e. The second-order valence-corrected chi connectivity index (χ2v) is 5.26. The van der Waals surface area contributed by atoms with E-state index in [-0.39, 0.29) is 12.3 Å². The number of hydrogen-bond acceptors (Lipinski definition) is 2. The van der Waals surface area contributed by atoms with Crippen LogP contribution in [0.25, 0.3) is 0 Å². The SMILES string of the molecule is O=C(O)NC[C@]1(c2ccccc2Cl)CCCCC1=O. The predicted molar refractivity (Wildman–Crippen MR) is 72.6 cm³/mol. The van der Waals surface area contributed by atoms with E-state index in [1.165, 1.54) is 0 Å². The Bertz CT molecular complexity index is 503. The molecule has 0 unspecified atom stereocenters. The standard InChI is InChI=1S/C14H16ClNO3/c15-11-6-2-1-5-10(11)14(9-16-13(18)19)8-4-3-7-12(14)17/h1-2,5-6,16H,3-4,7-9H2,(H,18,19)/t14-/m0/s1. The lowest BCUT2D eigenvalue weighted by Gasteiger charge is -2.36. The maximum absolute atomic E-state index is 12.4. The van der Waals surface area contributed by atoms with E-state index in [0.717, 1.165) is 18.4 Å². The van der Waals surface area contributed by atoms with Gasteiger partial charge in [0.15, 0.2) is 0 Å². The minimum Gasteiger partial charge on any atom is -0.465 e. The molecule has 1 fully saturated rings. The van der Waals surface area contributed by atoms with Crippen molar-refractivity contribution in [2.75, 3.05) is 6.54 Å². The fourth-order valence-electron chi connectivity index (χ4n) is 2.73. The Morgan fingerprint density at radius 2 is 2.11 bits per heavy atom. The van der Waals surface area contributed by atoms with Crippen LogP contribution in [0.15, 0.2) is 24.3 Å². The van der Waals surface area contributed by atoms with Crippen molar-refractivity contribution in [1.29, 1.82) is 0 Å². The van der Waals surface area contributed by atoms with Gasteiger partial charge in [0, 0.05) is 18.0 Å². The molecule has 0 heterocycles. The number of halogens is 1. The maximum atomic E-state index is 12.4. The molecule has 0 spiro atoms. The Balaban J connectivity index is 2.41. The Hall–Kier alpha value is -1.55. The zero-order chi connectivity index (χ0) is 13.9. The smallest absolute Gasteiger partial charge is 0.404 e. The van der Waals surface area contributed by atoms with Crippen molar-refractivity contribution in [3.63, 3.8) is 0 Å². The summed E-state index contributed by atoms with van der Waals surface area (Å²) in [6.45, 7) is 0.0882. The summed E-state index contributed by atoms with van der Waals surface area (Å²) in [5.41, 5.74) is -0.0789. The van der Waals surface area contributed by atoms with Gasteiger partial charge in [-0.1, -0.05) is 36.2 Å². The van der Waals surface area contributed by atoms with Gasteiger partial charge in [-0.25, -0.2) is 4.79 Å². The van der Waals surface area contributed by atoms with E-state index in [2.05, 4.69) is 5.32 Å². The van der Waals surface area contributed by atoms with Crippen molar-refractivity contribution in [2.45, 2.75) is 31.1 Å². The number of carboxylic acid groups (broad SMARTS) is 1. The number of carbonyl (C=O) groups excluding carboxylic acids is 1. The molecular weight excluding hydrogens is 266 g/mol. The molecule has 2 N–H and O–H groups in total. The highest BCUT2D eigenvalue weighted by Gasteiger charge is 2.42. The van der Waals surface area contributed by atoms with Crippen LogP contribution in [-0.2, 0) is 10.2 Å². The molecular formula is C14H16ClNO3. The lowest BCUT2D eigenvalue weighted by Crippen LogP contribution is -2.48. The van der Waals surface area contributed by atoms with E-state index < -0.39 is 11.5 Å². The molecule has 1 amide bonds. The van der Waals surface area contributed by atoms with Crippen molar-refractivity contribution in [1.82, 2.24) is 5.32 Å². The van der Waals surface area contributed by atoms with Gasteiger partial charge in [0.25, 0.3) is 0 Å². The highest BCUT2D eigenvalue weighted by atomic mass is 35.5. The number of hydrogen-bond donors (Lipinski definition) is 2. The highest BCUT2D eigenvalue weighted by molar-refractivity contribution is 6.31. The first-order valence-electron chi connectivity index (χ1n) is 6.31. The van der Waals surface area contributed by atoms with Crippen molar-refractivity contribution in [3.05, 3.63) is 34.9 Å². The quantitative estimate of drug-likeness (QED) is 0.895. The van der Waals surface area contributed by atoms with Crippen LogP contribution in [0.2, 0.25) is 5.02 Å². The summed E-state index contributed by atoms with van der Waals surface area (Å²) in [5.74, 6) is 0.0700. The average Bonchev–Trinajstić information content (AvgIpc) is 2.39. The molecule has 1 aliphatic rings. The minimum absolute atomic E-state index is 0.0700. The molecule has 5 heteroatoms. The summed E-state index contributed by atoms with van der Waals surface area (Å²) >= 11 is 6.20. The normalized spacial score (nSPS) is 23.1. The molecule has 19 heavy (non-hydrogen) atoms. The minimum atomic E-state index is -1.12. The molecule has 4 nitrogen and oxygen atoms in total. The zero-order valence-electron chi connectivity index (χ0n) is 10.5. The Morgan fingerprint density at radius 1 is 1.37 bits per heavy atom. The van der Waals surface area contributed by atoms with Crippen molar-refractivity contribution in [3.8, 4) is 0 Å². The number of ketones is 1. The number of carbonyl (C=O) groups is 2. The summed E-state index contributed by atoms with van der Waals surface area (Å²) in [7, 11) is 0. The van der Waals surface area contributed by atoms with Crippen LogP contribution in [-0.4, -0.2) is 23.5 Å². The second-order valence-electron chi connectivity index (χ2n) is 4.85. The van der Waals surface area contributed by atoms with Crippen LogP contribution in [0.1, 0.15) is 31.2 Å². The van der Waals surface area contributed by atoms with Gasteiger partial charge in [0.2, 0.25) is 0 Å². The van der Waals surface area contributed by atoms with Crippen molar-refractivity contribution in [2.24, 2.45) is 0 Å². The summed E-state index contributed by atoms with van der Waals surface area (Å²) in [6, 6.07) is 7.18. The molecule has 1 aliphatic carbocycles. The van der Waals surface area contributed by atoms with Gasteiger partial charge in [-0.05, 0) is 24.5 Å². The Kier molecular flexibility index (Phi) is 4.10. The number of benzene rings is 1.